The molecule has 1 fully saturated rings. The van der Waals surface area contributed by atoms with Crippen LogP contribution in [0.15, 0.2) is 60.7 Å². The summed E-state index contributed by atoms with van der Waals surface area (Å²) in [7, 11) is 0. The number of hydrogen-bond acceptors (Lipinski definition) is 6. The molecule has 3 rings (SSSR count). The Morgan fingerprint density at radius 2 is 1.53 bits per heavy atom. The molecule has 0 bridgehead atoms. The van der Waals surface area contributed by atoms with E-state index in [-0.39, 0.29) is 25.7 Å². The summed E-state index contributed by atoms with van der Waals surface area (Å²) < 4.78 is 10.3. The van der Waals surface area contributed by atoms with Crippen LogP contribution in [-0.2, 0) is 37.1 Å². The molecular formula is C25H29N3O6. The monoisotopic (exact) mass is 467 g/mol. The van der Waals surface area contributed by atoms with Crippen LogP contribution >= 0.6 is 0 Å². The number of rotatable bonds is 9. The summed E-state index contributed by atoms with van der Waals surface area (Å²) in [5.74, 6) is -1.38. The van der Waals surface area contributed by atoms with Crippen molar-refractivity contribution < 1.29 is 28.7 Å². The highest BCUT2D eigenvalue weighted by Gasteiger charge is 2.36. The minimum absolute atomic E-state index is 0.0860. The van der Waals surface area contributed by atoms with Crippen molar-refractivity contribution in [2.24, 2.45) is 0 Å². The van der Waals surface area contributed by atoms with Gasteiger partial charge in [-0.2, -0.15) is 0 Å². The average molecular weight is 468 g/mol. The molecule has 9 nitrogen and oxygen atoms in total. The third-order valence-corrected chi connectivity index (χ3v) is 5.41. The smallest absolute Gasteiger partial charge is 0.408 e. The molecule has 2 atom stereocenters. The molecule has 2 N–H and O–H groups in total. The van der Waals surface area contributed by atoms with Crippen molar-refractivity contribution >= 4 is 23.9 Å². The SMILES string of the molecule is C[C@@H](NC(=O)OCc1ccccc1)C(=O)N1CCC[C@@H]1C(=O)NCC(=O)OCc1ccccc1. The summed E-state index contributed by atoms with van der Waals surface area (Å²) in [6.45, 7) is 1.85. The molecule has 0 saturated carbocycles. The van der Waals surface area contributed by atoms with Crippen LogP contribution in [0.3, 0.4) is 0 Å². The van der Waals surface area contributed by atoms with E-state index in [9.17, 15) is 19.2 Å². The summed E-state index contributed by atoms with van der Waals surface area (Å²) in [6.07, 6.45) is 0.404. The maximum Gasteiger partial charge on any atom is 0.408 e. The van der Waals surface area contributed by atoms with E-state index in [0.29, 0.717) is 19.4 Å². The zero-order chi connectivity index (χ0) is 24.3. The summed E-state index contributed by atoms with van der Waals surface area (Å²) >= 11 is 0. The Hall–Kier alpha value is -3.88. The average Bonchev–Trinajstić information content (AvgIpc) is 3.35. The number of esters is 1. The van der Waals surface area contributed by atoms with Crippen molar-refractivity contribution in [3.63, 3.8) is 0 Å². The molecule has 0 aliphatic carbocycles. The fraction of sp³-hybridized carbons (Fsp3) is 0.360. The second-order valence-electron chi connectivity index (χ2n) is 7.98. The second-order valence-corrected chi connectivity index (χ2v) is 7.98. The molecule has 1 aliphatic heterocycles. The zero-order valence-corrected chi connectivity index (χ0v) is 19.1. The van der Waals surface area contributed by atoms with Crippen LogP contribution < -0.4 is 10.6 Å². The number of benzene rings is 2. The Morgan fingerprint density at radius 3 is 2.15 bits per heavy atom. The first-order valence-corrected chi connectivity index (χ1v) is 11.2. The molecule has 1 aliphatic rings. The number of amides is 3. The van der Waals surface area contributed by atoms with Crippen molar-refractivity contribution in [3.05, 3.63) is 71.8 Å². The molecule has 180 valence electrons. The van der Waals surface area contributed by atoms with Crippen LogP contribution in [0.2, 0.25) is 0 Å². The van der Waals surface area contributed by atoms with Crippen LogP contribution in [0.4, 0.5) is 4.79 Å². The number of hydrogen-bond donors (Lipinski definition) is 2. The minimum atomic E-state index is -0.868. The summed E-state index contributed by atoms with van der Waals surface area (Å²) in [5.41, 5.74) is 1.67. The van der Waals surface area contributed by atoms with Gasteiger partial charge in [-0.05, 0) is 30.9 Å². The molecule has 34 heavy (non-hydrogen) atoms. The van der Waals surface area contributed by atoms with E-state index in [2.05, 4.69) is 10.6 Å². The van der Waals surface area contributed by atoms with E-state index in [1.54, 1.807) is 6.92 Å². The Labute approximate surface area is 198 Å². The van der Waals surface area contributed by atoms with Gasteiger partial charge in [0.25, 0.3) is 0 Å². The molecule has 3 amide bonds. The zero-order valence-electron chi connectivity index (χ0n) is 19.1. The van der Waals surface area contributed by atoms with Gasteiger partial charge in [0.2, 0.25) is 11.8 Å². The lowest BCUT2D eigenvalue weighted by atomic mass is 10.2. The molecule has 0 spiro atoms. The van der Waals surface area contributed by atoms with E-state index in [1.165, 1.54) is 4.90 Å². The Morgan fingerprint density at radius 1 is 0.941 bits per heavy atom. The van der Waals surface area contributed by atoms with Crippen LogP contribution in [0.1, 0.15) is 30.9 Å². The lowest BCUT2D eigenvalue weighted by molar-refractivity contribution is -0.146. The lowest BCUT2D eigenvalue weighted by Crippen LogP contribution is -2.53. The number of likely N-dealkylation sites (tertiary alicyclic amines) is 1. The molecule has 0 radical (unpaired) electrons. The molecule has 2 aromatic carbocycles. The highest BCUT2D eigenvalue weighted by atomic mass is 16.5. The van der Waals surface area contributed by atoms with E-state index < -0.39 is 30.1 Å². The highest BCUT2D eigenvalue weighted by Crippen LogP contribution is 2.18. The number of nitrogens with zero attached hydrogens (tertiary/aromatic N) is 1. The third kappa shape index (κ3) is 7.33. The van der Waals surface area contributed by atoms with Crippen molar-refractivity contribution in [1.82, 2.24) is 15.5 Å². The van der Waals surface area contributed by atoms with Gasteiger partial charge in [0, 0.05) is 6.54 Å². The van der Waals surface area contributed by atoms with E-state index >= 15 is 0 Å². The standard InChI is InChI=1S/C25H29N3O6/c1-18(27-25(32)34-17-20-11-6-3-7-12-20)24(31)28-14-8-13-21(28)23(30)26-15-22(29)33-16-19-9-4-2-5-10-19/h2-7,9-12,18,21H,8,13-17H2,1H3,(H,26,30)(H,27,32)/t18-,21-/m1/s1. The number of nitrogens with one attached hydrogen (secondary N) is 2. The van der Waals surface area contributed by atoms with E-state index in [0.717, 1.165) is 11.1 Å². The predicted octanol–water partition coefficient (Wildman–Crippen LogP) is 2.15. The summed E-state index contributed by atoms with van der Waals surface area (Å²) in [5, 5.41) is 5.05. The molecule has 9 heteroatoms. The van der Waals surface area contributed by atoms with Crippen LogP contribution in [0.25, 0.3) is 0 Å². The first kappa shape index (κ1) is 24.8. The van der Waals surface area contributed by atoms with Crippen molar-refractivity contribution in [2.75, 3.05) is 13.1 Å². The molecule has 2 aromatic rings. The molecular weight excluding hydrogens is 438 g/mol. The van der Waals surface area contributed by atoms with Gasteiger partial charge in [0.1, 0.15) is 31.8 Å². The molecule has 1 saturated heterocycles. The van der Waals surface area contributed by atoms with Gasteiger partial charge in [0.05, 0.1) is 0 Å². The van der Waals surface area contributed by atoms with Crippen molar-refractivity contribution in [3.8, 4) is 0 Å². The molecule has 1 heterocycles. The van der Waals surface area contributed by atoms with E-state index in [1.807, 2.05) is 60.7 Å². The highest BCUT2D eigenvalue weighted by molar-refractivity contribution is 5.92. The van der Waals surface area contributed by atoms with Crippen LogP contribution in [-0.4, -0.2) is 54.0 Å². The predicted molar refractivity (Wildman–Crippen MR) is 123 cm³/mol. The molecule has 0 aromatic heterocycles. The van der Waals surface area contributed by atoms with Gasteiger partial charge < -0.3 is 25.0 Å². The second kappa shape index (κ2) is 12.4. The third-order valence-electron chi connectivity index (χ3n) is 5.41. The van der Waals surface area contributed by atoms with Gasteiger partial charge in [0.15, 0.2) is 0 Å². The van der Waals surface area contributed by atoms with Gasteiger partial charge >= 0.3 is 12.1 Å². The van der Waals surface area contributed by atoms with Gasteiger partial charge in [-0.25, -0.2) is 4.79 Å². The first-order valence-electron chi connectivity index (χ1n) is 11.2. The van der Waals surface area contributed by atoms with Crippen LogP contribution in [0.5, 0.6) is 0 Å². The fourth-order valence-corrected chi connectivity index (χ4v) is 3.62. The Bertz CT molecular complexity index is 983. The normalized spacial score (nSPS) is 15.8. The van der Waals surface area contributed by atoms with E-state index in [4.69, 9.17) is 9.47 Å². The number of ether oxygens (including phenoxy) is 2. The van der Waals surface area contributed by atoms with Crippen molar-refractivity contribution in [1.29, 1.82) is 0 Å². The van der Waals surface area contributed by atoms with Gasteiger partial charge in [-0.3, -0.25) is 14.4 Å². The number of carbonyl (C=O) groups excluding carboxylic acids is 4. The van der Waals surface area contributed by atoms with Gasteiger partial charge in [-0.15, -0.1) is 0 Å². The summed E-state index contributed by atoms with van der Waals surface area (Å²) in [4.78, 5) is 50.9. The first-order chi connectivity index (χ1) is 16.4. The summed E-state index contributed by atoms with van der Waals surface area (Å²) in [6, 6.07) is 16.8. The fourth-order valence-electron chi connectivity index (χ4n) is 3.62. The van der Waals surface area contributed by atoms with Crippen molar-refractivity contribution in [2.45, 2.75) is 45.1 Å². The largest absolute Gasteiger partial charge is 0.460 e. The maximum absolute atomic E-state index is 12.9. The van der Waals surface area contributed by atoms with Crippen LogP contribution in [0, 0.1) is 0 Å². The Kier molecular flexibility index (Phi) is 9.02. The number of carbonyl (C=O) groups is 4. The Balaban J connectivity index is 1.42. The number of alkyl carbamates (subject to hydrolysis) is 1. The molecule has 0 unspecified atom stereocenters. The maximum atomic E-state index is 12.9. The van der Waals surface area contributed by atoms with Gasteiger partial charge in [-0.1, -0.05) is 60.7 Å². The minimum Gasteiger partial charge on any atom is -0.460 e. The lowest BCUT2D eigenvalue weighted by Gasteiger charge is -2.27. The topological polar surface area (TPSA) is 114 Å². The quantitative estimate of drug-likeness (QED) is 0.547.